The van der Waals surface area contributed by atoms with Gasteiger partial charge in [0.2, 0.25) is 10.0 Å². The minimum absolute atomic E-state index is 0.0577. The molecule has 0 bridgehead atoms. The molecule has 2 unspecified atom stereocenters. The van der Waals surface area contributed by atoms with Gasteiger partial charge in [-0.25, -0.2) is 13.1 Å². The van der Waals surface area contributed by atoms with E-state index in [4.69, 9.17) is 5.84 Å². The van der Waals surface area contributed by atoms with E-state index in [1.54, 1.807) is 24.3 Å². The summed E-state index contributed by atoms with van der Waals surface area (Å²) in [6, 6.07) is 6.45. The second-order valence-electron chi connectivity index (χ2n) is 4.80. The number of nitrogens with one attached hydrogen (secondary N) is 2. The Morgan fingerprint density at radius 3 is 2.39 bits per heavy atom. The predicted octanol–water partition coefficient (Wildman–Crippen LogP) is 1.44. The first-order valence-electron chi connectivity index (χ1n) is 6.12. The fourth-order valence-electron chi connectivity index (χ4n) is 2.32. The third-order valence-corrected chi connectivity index (χ3v) is 5.01. The van der Waals surface area contributed by atoms with E-state index in [0.29, 0.717) is 11.6 Å². The van der Waals surface area contributed by atoms with Gasteiger partial charge in [0, 0.05) is 11.7 Å². The number of rotatable bonds is 4. The van der Waals surface area contributed by atoms with E-state index in [9.17, 15) is 8.42 Å². The highest BCUT2D eigenvalue weighted by Crippen LogP contribution is 2.26. The Morgan fingerprint density at radius 1 is 1.22 bits per heavy atom. The summed E-state index contributed by atoms with van der Waals surface area (Å²) < 4.78 is 27.1. The molecule has 0 radical (unpaired) electrons. The maximum Gasteiger partial charge on any atom is 0.240 e. The molecular formula is C12H19N3O2S. The van der Waals surface area contributed by atoms with Crippen molar-refractivity contribution in [3.8, 4) is 0 Å². The normalized spacial score (nSPS) is 24.1. The lowest BCUT2D eigenvalue weighted by Gasteiger charge is -2.17. The highest BCUT2D eigenvalue weighted by molar-refractivity contribution is 7.89. The molecule has 1 aliphatic rings. The van der Waals surface area contributed by atoms with Crippen LogP contribution in [0, 0.1) is 5.92 Å². The van der Waals surface area contributed by atoms with Gasteiger partial charge in [-0.2, -0.15) is 0 Å². The summed E-state index contributed by atoms with van der Waals surface area (Å²) in [4.78, 5) is 0.278. The van der Waals surface area contributed by atoms with Gasteiger partial charge in [0.25, 0.3) is 0 Å². The number of benzene rings is 1. The summed E-state index contributed by atoms with van der Waals surface area (Å²) in [6.07, 6.45) is 3.09. The largest absolute Gasteiger partial charge is 0.324 e. The molecule has 5 nitrogen and oxygen atoms in total. The maximum absolute atomic E-state index is 12.2. The first-order chi connectivity index (χ1) is 8.53. The zero-order valence-electron chi connectivity index (χ0n) is 10.4. The van der Waals surface area contributed by atoms with Gasteiger partial charge >= 0.3 is 0 Å². The van der Waals surface area contributed by atoms with Gasteiger partial charge in [-0.15, -0.1) is 0 Å². The minimum atomic E-state index is -3.42. The van der Waals surface area contributed by atoms with E-state index < -0.39 is 10.0 Å². The molecule has 2 atom stereocenters. The van der Waals surface area contributed by atoms with Crippen molar-refractivity contribution in [2.45, 2.75) is 37.1 Å². The molecule has 0 saturated heterocycles. The number of nitrogen functional groups attached to an aromatic ring is 1. The first kappa shape index (κ1) is 13.3. The number of hydrogen-bond acceptors (Lipinski definition) is 4. The van der Waals surface area contributed by atoms with Crippen LogP contribution in [0.4, 0.5) is 5.69 Å². The molecular weight excluding hydrogens is 250 g/mol. The Kier molecular flexibility index (Phi) is 3.89. The number of sulfonamides is 1. The molecule has 1 aliphatic carbocycles. The van der Waals surface area contributed by atoms with Crippen molar-refractivity contribution in [3.63, 3.8) is 0 Å². The molecule has 0 aromatic heterocycles. The molecule has 100 valence electrons. The van der Waals surface area contributed by atoms with Crippen molar-refractivity contribution in [2.24, 2.45) is 11.8 Å². The average molecular weight is 269 g/mol. The van der Waals surface area contributed by atoms with Crippen LogP contribution in [-0.2, 0) is 10.0 Å². The van der Waals surface area contributed by atoms with Crippen LogP contribution in [-0.4, -0.2) is 14.5 Å². The molecule has 1 saturated carbocycles. The minimum Gasteiger partial charge on any atom is -0.324 e. The van der Waals surface area contributed by atoms with Gasteiger partial charge in [-0.1, -0.05) is 13.3 Å². The lowest BCUT2D eigenvalue weighted by Crippen LogP contribution is -2.36. The molecule has 0 amide bonds. The zero-order chi connectivity index (χ0) is 13.2. The Morgan fingerprint density at radius 2 is 1.89 bits per heavy atom. The molecule has 0 spiro atoms. The number of nitrogens with two attached hydrogens (primary N) is 1. The average Bonchev–Trinajstić information content (AvgIpc) is 2.74. The monoisotopic (exact) mass is 269 g/mol. The topological polar surface area (TPSA) is 84.2 Å². The maximum atomic E-state index is 12.2. The Labute approximate surface area is 108 Å². The number of hydrogen-bond donors (Lipinski definition) is 3. The highest BCUT2D eigenvalue weighted by Gasteiger charge is 2.28. The zero-order valence-corrected chi connectivity index (χ0v) is 11.2. The van der Waals surface area contributed by atoms with Crippen LogP contribution in [0.1, 0.15) is 26.2 Å². The van der Waals surface area contributed by atoms with Crippen LogP contribution >= 0.6 is 0 Å². The fourth-order valence-corrected chi connectivity index (χ4v) is 3.70. The van der Waals surface area contributed by atoms with Crippen LogP contribution in [0.15, 0.2) is 29.2 Å². The van der Waals surface area contributed by atoms with E-state index in [1.165, 1.54) is 0 Å². The number of hydrazine groups is 1. The summed E-state index contributed by atoms with van der Waals surface area (Å²) in [7, 11) is -3.42. The number of anilines is 1. The van der Waals surface area contributed by atoms with Crippen molar-refractivity contribution in [3.05, 3.63) is 24.3 Å². The molecule has 0 heterocycles. The van der Waals surface area contributed by atoms with Crippen LogP contribution < -0.4 is 16.0 Å². The lowest BCUT2D eigenvalue weighted by molar-refractivity contribution is 0.476. The van der Waals surface area contributed by atoms with E-state index in [1.807, 2.05) is 0 Å². The van der Waals surface area contributed by atoms with Gasteiger partial charge in [0.05, 0.1) is 4.90 Å². The summed E-state index contributed by atoms with van der Waals surface area (Å²) in [5.41, 5.74) is 3.15. The third kappa shape index (κ3) is 2.82. The van der Waals surface area contributed by atoms with E-state index in [0.717, 1.165) is 19.3 Å². The molecule has 4 N–H and O–H groups in total. The van der Waals surface area contributed by atoms with Crippen LogP contribution in [0.3, 0.4) is 0 Å². The first-order valence-corrected chi connectivity index (χ1v) is 7.60. The van der Waals surface area contributed by atoms with Crippen molar-refractivity contribution < 1.29 is 8.42 Å². The highest BCUT2D eigenvalue weighted by atomic mass is 32.2. The smallest absolute Gasteiger partial charge is 0.240 e. The molecule has 1 fully saturated rings. The van der Waals surface area contributed by atoms with Crippen LogP contribution in [0.5, 0.6) is 0 Å². The standard InChI is InChI=1S/C12H19N3O2S/c1-9-3-2-4-12(9)15-18(16,17)11-7-5-10(14-13)6-8-11/h5-9,12,14-15H,2-4,13H2,1H3. The Hall–Kier alpha value is -1.11. The van der Waals surface area contributed by atoms with E-state index in [2.05, 4.69) is 17.1 Å². The fraction of sp³-hybridized carbons (Fsp3) is 0.500. The Balaban J connectivity index is 2.14. The molecule has 1 aromatic rings. The second kappa shape index (κ2) is 5.26. The predicted molar refractivity (Wildman–Crippen MR) is 71.4 cm³/mol. The molecule has 18 heavy (non-hydrogen) atoms. The summed E-state index contributed by atoms with van der Waals surface area (Å²) in [5.74, 6) is 5.65. The summed E-state index contributed by atoms with van der Waals surface area (Å²) in [6.45, 7) is 2.08. The lowest BCUT2D eigenvalue weighted by atomic mass is 10.1. The van der Waals surface area contributed by atoms with Gasteiger partial charge in [-0.05, 0) is 43.0 Å². The van der Waals surface area contributed by atoms with Crippen molar-refractivity contribution in [1.82, 2.24) is 4.72 Å². The van der Waals surface area contributed by atoms with Gasteiger partial charge in [0.15, 0.2) is 0 Å². The quantitative estimate of drug-likeness (QED) is 0.570. The van der Waals surface area contributed by atoms with E-state index >= 15 is 0 Å². The van der Waals surface area contributed by atoms with Crippen LogP contribution in [0.2, 0.25) is 0 Å². The van der Waals surface area contributed by atoms with Crippen LogP contribution in [0.25, 0.3) is 0 Å². The summed E-state index contributed by atoms with van der Waals surface area (Å²) >= 11 is 0. The van der Waals surface area contributed by atoms with Crippen molar-refractivity contribution in [2.75, 3.05) is 5.43 Å². The molecule has 6 heteroatoms. The third-order valence-electron chi connectivity index (χ3n) is 3.50. The van der Waals surface area contributed by atoms with Gasteiger partial charge in [0.1, 0.15) is 0 Å². The van der Waals surface area contributed by atoms with Gasteiger partial charge in [-0.3, -0.25) is 5.84 Å². The second-order valence-corrected chi connectivity index (χ2v) is 6.52. The van der Waals surface area contributed by atoms with Crippen molar-refractivity contribution in [1.29, 1.82) is 0 Å². The molecule has 0 aliphatic heterocycles. The Bertz CT molecular complexity index is 499. The van der Waals surface area contributed by atoms with E-state index in [-0.39, 0.29) is 10.9 Å². The van der Waals surface area contributed by atoms with Gasteiger partial charge < -0.3 is 5.43 Å². The van der Waals surface area contributed by atoms with Crippen molar-refractivity contribution >= 4 is 15.7 Å². The molecule has 2 rings (SSSR count). The molecule has 1 aromatic carbocycles. The summed E-state index contributed by atoms with van der Waals surface area (Å²) in [5, 5.41) is 0. The SMILES string of the molecule is CC1CCCC1NS(=O)(=O)c1ccc(NN)cc1.